The van der Waals surface area contributed by atoms with Gasteiger partial charge in [0.05, 0.1) is 12.0 Å². The van der Waals surface area contributed by atoms with Crippen molar-refractivity contribution in [2.75, 3.05) is 13.7 Å². The minimum Gasteiger partial charge on any atom is -0.378 e. The molecule has 0 bridgehead atoms. The third-order valence-corrected chi connectivity index (χ3v) is 3.55. The van der Waals surface area contributed by atoms with E-state index in [4.69, 9.17) is 10.5 Å². The summed E-state index contributed by atoms with van der Waals surface area (Å²) in [6.07, 6.45) is 4.93. The molecule has 0 aromatic rings. The standard InChI is InChI=1S/C13H26N2O2/c1-13(2,17-3)8-12(16)15-9-10-5-4-6-11(14)7-10/h10-11H,4-9,14H2,1-3H3,(H,15,16). The van der Waals surface area contributed by atoms with Gasteiger partial charge in [0.25, 0.3) is 0 Å². The summed E-state index contributed by atoms with van der Waals surface area (Å²) < 4.78 is 5.24. The number of nitrogens with one attached hydrogen (secondary N) is 1. The second-order valence-electron chi connectivity index (χ2n) is 5.74. The summed E-state index contributed by atoms with van der Waals surface area (Å²) in [4.78, 5) is 11.7. The maximum Gasteiger partial charge on any atom is 0.222 e. The van der Waals surface area contributed by atoms with E-state index in [1.807, 2.05) is 13.8 Å². The first-order valence-corrected chi connectivity index (χ1v) is 6.50. The number of rotatable bonds is 5. The summed E-state index contributed by atoms with van der Waals surface area (Å²) in [7, 11) is 1.63. The number of hydrogen-bond acceptors (Lipinski definition) is 3. The van der Waals surface area contributed by atoms with Gasteiger partial charge in [-0.1, -0.05) is 6.42 Å². The van der Waals surface area contributed by atoms with Gasteiger partial charge >= 0.3 is 0 Å². The van der Waals surface area contributed by atoms with E-state index < -0.39 is 0 Å². The van der Waals surface area contributed by atoms with Crippen molar-refractivity contribution in [3.05, 3.63) is 0 Å². The van der Waals surface area contributed by atoms with Crippen LogP contribution in [0.2, 0.25) is 0 Å². The summed E-state index contributed by atoms with van der Waals surface area (Å²) in [6, 6.07) is 0.320. The third kappa shape index (κ3) is 5.50. The Hall–Kier alpha value is -0.610. The lowest BCUT2D eigenvalue weighted by molar-refractivity contribution is -0.126. The predicted molar refractivity (Wildman–Crippen MR) is 68.6 cm³/mol. The van der Waals surface area contributed by atoms with Gasteiger partial charge in [0.1, 0.15) is 0 Å². The molecule has 0 spiro atoms. The lowest BCUT2D eigenvalue weighted by atomic mass is 9.86. The van der Waals surface area contributed by atoms with Crippen molar-refractivity contribution in [2.45, 2.75) is 57.6 Å². The maximum atomic E-state index is 11.7. The summed E-state index contributed by atoms with van der Waals surface area (Å²) >= 11 is 0. The molecule has 0 saturated heterocycles. The smallest absolute Gasteiger partial charge is 0.222 e. The molecule has 0 radical (unpaired) electrons. The molecule has 1 aliphatic rings. The van der Waals surface area contributed by atoms with E-state index >= 15 is 0 Å². The Kier molecular flexibility index (Phi) is 5.40. The van der Waals surface area contributed by atoms with Gasteiger partial charge in [0.2, 0.25) is 5.91 Å². The molecule has 17 heavy (non-hydrogen) atoms. The van der Waals surface area contributed by atoms with E-state index in [0.717, 1.165) is 19.4 Å². The van der Waals surface area contributed by atoms with E-state index in [-0.39, 0.29) is 11.5 Å². The molecule has 4 heteroatoms. The van der Waals surface area contributed by atoms with Crippen LogP contribution in [-0.2, 0) is 9.53 Å². The molecular formula is C13H26N2O2. The highest BCUT2D eigenvalue weighted by Gasteiger charge is 2.23. The Morgan fingerprint density at radius 1 is 1.47 bits per heavy atom. The van der Waals surface area contributed by atoms with Crippen molar-refractivity contribution < 1.29 is 9.53 Å². The SMILES string of the molecule is COC(C)(C)CC(=O)NCC1CCCC(N)C1. The van der Waals surface area contributed by atoms with Gasteiger partial charge in [0, 0.05) is 19.7 Å². The van der Waals surface area contributed by atoms with Crippen LogP contribution in [0.15, 0.2) is 0 Å². The van der Waals surface area contributed by atoms with Gasteiger partial charge in [-0.05, 0) is 39.0 Å². The first-order chi connectivity index (χ1) is 7.93. The van der Waals surface area contributed by atoms with Crippen LogP contribution in [0.4, 0.5) is 0 Å². The molecule has 3 N–H and O–H groups in total. The Morgan fingerprint density at radius 2 is 2.18 bits per heavy atom. The highest BCUT2D eigenvalue weighted by atomic mass is 16.5. The molecular weight excluding hydrogens is 216 g/mol. The minimum absolute atomic E-state index is 0.0657. The second kappa shape index (κ2) is 6.36. The number of methoxy groups -OCH3 is 1. The van der Waals surface area contributed by atoms with Gasteiger partial charge in [-0.3, -0.25) is 4.79 Å². The fraction of sp³-hybridized carbons (Fsp3) is 0.923. The van der Waals surface area contributed by atoms with Crippen LogP contribution in [-0.4, -0.2) is 31.2 Å². The predicted octanol–water partition coefficient (Wildman–Crippen LogP) is 1.44. The molecule has 4 nitrogen and oxygen atoms in total. The molecule has 0 aliphatic heterocycles. The zero-order valence-corrected chi connectivity index (χ0v) is 11.3. The number of carbonyl (C=O) groups excluding carboxylic acids is 1. The van der Waals surface area contributed by atoms with E-state index in [2.05, 4.69) is 5.32 Å². The van der Waals surface area contributed by atoms with Crippen molar-refractivity contribution in [1.29, 1.82) is 0 Å². The Balaban J connectivity index is 2.23. The van der Waals surface area contributed by atoms with Crippen LogP contribution >= 0.6 is 0 Å². The van der Waals surface area contributed by atoms with Crippen molar-refractivity contribution in [3.8, 4) is 0 Å². The van der Waals surface area contributed by atoms with Crippen molar-refractivity contribution in [3.63, 3.8) is 0 Å². The van der Waals surface area contributed by atoms with Crippen LogP contribution in [0, 0.1) is 5.92 Å². The van der Waals surface area contributed by atoms with Crippen LogP contribution < -0.4 is 11.1 Å². The lowest BCUT2D eigenvalue weighted by Crippen LogP contribution is -2.38. The molecule has 1 amide bonds. The number of hydrogen-bond donors (Lipinski definition) is 2. The van der Waals surface area contributed by atoms with Crippen LogP contribution in [0.25, 0.3) is 0 Å². The molecule has 1 saturated carbocycles. The van der Waals surface area contributed by atoms with Gasteiger partial charge in [-0.15, -0.1) is 0 Å². The van der Waals surface area contributed by atoms with Gasteiger partial charge in [-0.2, -0.15) is 0 Å². The monoisotopic (exact) mass is 242 g/mol. The molecule has 2 atom stereocenters. The summed E-state index contributed by atoms with van der Waals surface area (Å²) in [6.45, 7) is 4.60. The highest BCUT2D eigenvalue weighted by Crippen LogP contribution is 2.22. The summed E-state index contributed by atoms with van der Waals surface area (Å²) in [5.41, 5.74) is 5.54. The Labute approximate surface area is 104 Å². The number of amides is 1. The fourth-order valence-corrected chi connectivity index (χ4v) is 2.30. The molecule has 0 aromatic heterocycles. The zero-order chi connectivity index (χ0) is 12.9. The highest BCUT2D eigenvalue weighted by molar-refractivity contribution is 5.76. The maximum absolute atomic E-state index is 11.7. The molecule has 1 aliphatic carbocycles. The van der Waals surface area contributed by atoms with Crippen LogP contribution in [0.1, 0.15) is 46.0 Å². The third-order valence-electron chi connectivity index (χ3n) is 3.55. The van der Waals surface area contributed by atoms with E-state index in [1.165, 1.54) is 12.8 Å². The normalized spacial score (nSPS) is 25.6. The molecule has 1 fully saturated rings. The van der Waals surface area contributed by atoms with Gasteiger partial charge < -0.3 is 15.8 Å². The fourth-order valence-electron chi connectivity index (χ4n) is 2.30. The van der Waals surface area contributed by atoms with Gasteiger partial charge in [-0.25, -0.2) is 0 Å². The zero-order valence-electron chi connectivity index (χ0n) is 11.3. The molecule has 0 heterocycles. The molecule has 100 valence electrons. The van der Waals surface area contributed by atoms with Gasteiger partial charge in [0.15, 0.2) is 0 Å². The van der Waals surface area contributed by atoms with Crippen molar-refractivity contribution in [2.24, 2.45) is 11.7 Å². The molecule has 0 aromatic carbocycles. The van der Waals surface area contributed by atoms with E-state index in [9.17, 15) is 4.79 Å². The van der Waals surface area contributed by atoms with E-state index in [0.29, 0.717) is 18.4 Å². The number of ether oxygens (including phenoxy) is 1. The van der Waals surface area contributed by atoms with Crippen molar-refractivity contribution in [1.82, 2.24) is 5.32 Å². The molecule has 1 rings (SSSR count). The largest absolute Gasteiger partial charge is 0.378 e. The van der Waals surface area contributed by atoms with Crippen LogP contribution in [0.3, 0.4) is 0 Å². The van der Waals surface area contributed by atoms with E-state index in [1.54, 1.807) is 7.11 Å². The first kappa shape index (κ1) is 14.5. The lowest BCUT2D eigenvalue weighted by Gasteiger charge is -2.27. The number of carbonyl (C=O) groups is 1. The Bertz CT molecular complexity index is 254. The second-order valence-corrected chi connectivity index (χ2v) is 5.74. The first-order valence-electron chi connectivity index (χ1n) is 6.50. The Morgan fingerprint density at radius 3 is 2.76 bits per heavy atom. The minimum atomic E-state index is -0.382. The summed E-state index contributed by atoms with van der Waals surface area (Å²) in [5, 5.41) is 2.99. The van der Waals surface area contributed by atoms with Crippen LogP contribution in [0.5, 0.6) is 0 Å². The summed E-state index contributed by atoms with van der Waals surface area (Å²) in [5.74, 6) is 0.615. The quantitative estimate of drug-likeness (QED) is 0.766. The average Bonchev–Trinajstić information content (AvgIpc) is 2.26. The van der Waals surface area contributed by atoms with Crippen molar-refractivity contribution >= 4 is 5.91 Å². The molecule has 2 unspecified atom stereocenters. The average molecular weight is 242 g/mol. The topological polar surface area (TPSA) is 64.3 Å². The number of nitrogens with two attached hydrogens (primary N) is 1.